The Kier molecular flexibility index (Phi) is 4.81. The maximum Gasteiger partial charge on any atom is 0.224 e. The van der Waals surface area contributed by atoms with Crippen molar-refractivity contribution in [2.45, 2.75) is 19.3 Å². The number of rotatable bonds is 4. The smallest absolute Gasteiger partial charge is 0.211 e. The molecule has 18 heavy (non-hydrogen) atoms. The summed E-state index contributed by atoms with van der Waals surface area (Å²) in [7, 11) is -3.07. The third kappa shape index (κ3) is 3.56. The highest BCUT2D eigenvalue weighted by atomic mass is 79.9. The van der Waals surface area contributed by atoms with Gasteiger partial charge in [-0.15, -0.1) is 0 Å². The van der Waals surface area contributed by atoms with Crippen LogP contribution in [-0.2, 0) is 16.4 Å². The quantitative estimate of drug-likeness (QED) is 0.795. The van der Waals surface area contributed by atoms with Crippen molar-refractivity contribution in [1.29, 1.82) is 0 Å². The highest BCUT2D eigenvalue weighted by Crippen LogP contribution is 2.23. The van der Waals surface area contributed by atoms with Gasteiger partial charge in [0.05, 0.1) is 0 Å². The average molecular weight is 332 g/mol. The van der Waals surface area contributed by atoms with Gasteiger partial charge in [-0.1, -0.05) is 46.3 Å². The zero-order chi connectivity index (χ0) is 13.0. The molecule has 0 spiro atoms. The zero-order valence-corrected chi connectivity index (χ0v) is 12.7. The molecule has 1 aromatic carbocycles. The molecule has 100 valence electrons. The second kappa shape index (κ2) is 6.17. The summed E-state index contributed by atoms with van der Waals surface area (Å²) in [6.45, 7) is 1.32. The molecule has 0 bridgehead atoms. The van der Waals surface area contributed by atoms with Gasteiger partial charge < -0.3 is 0 Å². The Balaban J connectivity index is 1.88. The molecule has 1 aliphatic heterocycles. The molecular weight excluding hydrogens is 314 g/mol. The number of halogens is 1. The number of piperidine rings is 1. The predicted molar refractivity (Wildman–Crippen MR) is 77.2 cm³/mol. The molecule has 0 saturated carbocycles. The minimum absolute atomic E-state index is 0.0311. The normalized spacial score (nSPS) is 18.9. The Bertz CT molecular complexity index is 467. The molecule has 1 saturated heterocycles. The first kappa shape index (κ1) is 14.0. The van der Waals surface area contributed by atoms with E-state index in [1.807, 2.05) is 6.07 Å². The Morgan fingerprint density at radius 2 is 1.78 bits per heavy atom. The molecule has 2 rings (SSSR count). The van der Waals surface area contributed by atoms with Gasteiger partial charge in [0.2, 0.25) is 10.0 Å². The molecule has 0 unspecified atom stereocenters. The first-order chi connectivity index (χ1) is 8.62. The first-order valence-corrected chi connectivity index (χ1v) is 8.92. The van der Waals surface area contributed by atoms with Crippen molar-refractivity contribution in [1.82, 2.24) is 4.31 Å². The van der Waals surface area contributed by atoms with E-state index >= 15 is 0 Å². The molecule has 0 aliphatic carbocycles. The first-order valence-electron chi connectivity index (χ1n) is 6.19. The lowest BCUT2D eigenvalue weighted by molar-refractivity contribution is 0.274. The van der Waals surface area contributed by atoms with E-state index in [9.17, 15) is 8.42 Å². The standard InChI is InChI=1S/C13H18BrNO2S/c14-11-18(16,17)15-8-6-13(7-9-15)10-12-4-2-1-3-5-12/h1-5,13H,6-11H2. The van der Waals surface area contributed by atoms with Gasteiger partial charge in [0.1, 0.15) is 4.66 Å². The van der Waals surface area contributed by atoms with Crippen LogP contribution in [0, 0.1) is 5.92 Å². The molecule has 3 nitrogen and oxygen atoms in total. The summed E-state index contributed by atoms with van der Waals surface area (Å²) in [6, 6.07) is 10.4. The number of alkyl halides is 1. The maximum atomic E-state index is 11.7. The minimum Gasteiger partial charge on any atom is -0.211 e. The van der Waals surface area contributed by atoms with Crippen LogP contribution in [0.3, 0.4) is 0 Å². The molecule has 1 fully saturated rings. The van der Waals surface area contributed by atoms with E-state index in [-0.39, 0.29) is 4.66 Å². The van der Waals surface area contributed by atoms with Crippen molar-refractivity contribution in [3.05, 3.63) is 35.9 Å². The topological polar surface area (TPSA) is 37.4 Å². The molecule has 0 atom stereocenters. The van der Waals surface area contributed by atoms with E-state index < -0.39 is 10.0 Å². The van der Waals surface area contributed by atoms with Crippen LogP contribution in [0.5, 0.6) is 0 Å². The molecule has 1 aliphatic rings. The van der Waals surface area contributed by atoms with Crippen molar-refractivity contribution in [2.75, 3.05) is 17.8 Å². The molecule has 1 heterocycles. The molecule has 1 aromatic rings. The summed E-state index contributed by atoms with van der Waals surface area (Å²) in [5, 5.41) is 0. The summed E-state index contributed by atoms with van der Waals surface area (Å²) in [5.41, 5.74) is 1.35. The third-order valence-electron chi connectivity index (χ3n) is 3.47. The summed E-state index contributed by atoms with van der Waals surface area (Å²) in [4.78, 5) is 0. The number of nitrogens with zero attached hydrogens (tertiary/aromatic N) is 1. The lowest BCUT2D eigenvalue weighted by Gasteiger charge is -2.30. The molecule has 5 heteroatoms. The van der Waals surface area contributed by atoms with Gasteiger partial charge in [-0.25, -0.2) is 12.7 Å². The van der Waals surface area contributed by atoms with Gasteiger partial charge in [-0.05, 0) is 30.7 Å². The number of benzene rings is 1. The highest BCUT2D eigenvalue weighted by Gasteiger charge is 2.26. The number of hydrogen-bond donors (Lipinski definition) is 0. The highest BCUT2D eigenvalue weighted by molar-refractivity contribution is 9.10. The Labute approximate surface area is 117 Å². The summed E-state index contributed by atoms with van der Waals surface area (Å²) < 4.78 is 25.0. The van der Waals surface area contributed by atoms with E-state index in [2.05, 4.69) is 40.2 Å². The minimum atomic E-state index is -3.07. The van der Waals surface area contributed by atoms with Crippen molar-refractivity contribution in [3.63, 3.8) is 0 Å². The lowest BCUT2D eigenvalue weighted by Crippen LogP contribution is -2.39. The van der Waals surface area contributed by atoms with Crippen molar-refractivity contribution >= 4 is 26.0 Å². The summed E-state index contributed by atoms with van der Waals surface area (Å²) in [5.74, 6) is 0.606. The van der Waals surface area contributed by atoms with Crippen molar-refractivity contribution in [3.8, 4) is 0 Å². The Morgan fingerprint density at radius 3 is 2.33 bits per heavy atom. The van der Waals surface area contributed by atoms with Gasteiger partial charge in [0.25, 0.3) is 0 Å². The summed E-state index contributed by atoms with van der Waals surface area (Å²) in [6.07, 6.45) is 2.98. The maximum absolute atomic E-state index is 11.7. The van der Waals surface area contributed by atoms with E-state index in [0.29, 0.717) is 19.0 Å². The van der Waals surface area contributed by atoms with Crippen LogP contribution in [0.4, 0.5) is 0 Å². The number of hydrogen-bond acceptors (Lipinski definition) is 2. The monoisotopic (exact) mass is 331 g/mol. The van der Waals surface area contributed by atoms with Crippen molar-refractivity contribution < 1.29 is 8.42 Å². The SMILES string of the molecule is O=S(=O)(CBr)N1CCC(Cc2ccccc2)CC1. The fourth-order valence-electron chi connectivity index (χ4n) is 2.41. The Morgan fingerprint density at radius 1 is 1.17 bits per heavy atom. The van der Waals surface area contributed by atoms with Gasteiger partial charge in [-0.2, -0.15) is 0 Å². The summed E-state index contributed by atoms with van der Waals surface area (Å²) >= 11 is 3.05. The second-order valence-electron chi connectivity index (χ2n) is 4.75. The fourth-order valence-corrected chi connectivity index (χ4v) is 4.18. The molecule has 0 amide bonds. The zero-order valence-electron chi connectivity index (χ0n) is 10.3. The van der Waals surface area contributed by atoms with Gasteiger partial charge in [0.15, 0.2) is 0 Å². The molecule has 0 N–H and O–H groups in total. The van der Waals surface area contributed by atoms with Crippen LogP contribution >= 0.6 is 15.9 Å². The van der Waals surface area contributed by atoms with Crippen LogP contribution in [0.1, 0.15) is 18.4 Å². The van der Waals surface area contributed by atoms with E-state index in [4.69, 9.17) is 0 Å². The van der Waals surface area contributed by atoms with Gasteiger partial charge in [-0.3, -0.25) is 0 Å². The lowest BCUT2D eigenvalue weighted by atomic mass is 9.91. The van der Waals surface area contributed by atoms with Crippen LogP contribution in [0.2, 0.25) is 0 Å². The third-order valence-corrected chi connectivity index (χ3v) is 6.64. The van der Waals surface area contributed by atoms with Crippen LogP contribution in [0.15, 0.2) is 30.3 Å². The van der Waals surface area contributed by atoms with Crippen LogP contribution in [-0.4, -0.2) is 30.5 Å². The van der Waals surface area contributed by atoms with E-state index in [0.717, 1.165) is 19.3 Å². The van der Waals surface area contributed by atoms with Crippen LogP contribution in [0.25, 0.3) is 0 Å². The average Bonchev–Trinajstić information content (AvgIpc) is 2.40. The molecular formula is C13H18BrNO2S. The largest absolute Gasteiger partial charge is 0.224 e. The number of sulfonamides is 1. The van der Waals surface area contributed by atoms with Crippen molar-refractivity contribution in [2.24, 2.45) is 5.92 Å². The molecule has 0 radical (unpaired) electrons. The Hall–Kier alpha value is -0.390. The predicted octanol–water partition coefficient (Wildman–Crippen LogP) is 2.62. The van der Waals surface area contributed by atoms with E-state index in [1.54, 1.807) is 4.31 Å². The van der Waals surface area contributed by atoms with Crippen LogP contribution < -0.4 is 0 Å². The molecule has 0 aromatic heterocycles. The van der Waals surface area contributed by atoms with Gasteiger partial charge >= 0.3 is 0 Å². The fraction of sp³-hybridized carbons (Fsp3) is 0.538. The van der Waals surface area contributed by atoms with E-state index in [1.165, 1.54) is 5.56 Å². The van der Waals surface area contributed by atoms with Gasteiger partial charge in [0, 0.05) is 13.1 Å². The second-order valence-corrected chi connectivity index (χ2v) is 8.03.